The Morgan fingerprint density at radius 1 is 1.20 bits per heavy atom. The van der Waals surface area contributed by atoms with Gasteiger partial charge in [-0.2, -0.15) is 5.10 Å². The fourth-order valence-corrected chi connectivity index (χ4v) is 1.19. The lowest BCUT2D eigenvalue weighted by atomic mass is 9.91. The molecule has 0 radical (unpaired) electrons. The number of methoxy groups -OCH3 is 1. The van der Waals surface area contributed by atoms with Crippen LogP contribution >= 0.6 is 0 Å². The summed E-state index contributed by atoms with van der Waals surface area (Å²) in [6.45, 7) is 10.5. The topological polar surface area (TPSA) is 35.0 Å². The van der Waals surface area contributed by atoms with Crippen molar-refractivity contribution in [3.63, 3.8) is 0 Å². The van der Waals surface area contributed by atoms with Crippen LogP contribution in [-0.4, -0.2) is 17.3 Å². The minimum atomic E-state index is 0.449. The van der Waals surface area contributed by atoms with Gasteiger partial charge in [0.1, 0.15) is 0 Å². The van der Waals surface area contributed by atoms with Crippen molar-refractivity contribution in [3.8, 4) is 5.88 Å². The van der Waals surface area contributed by atoms with Crippen molar-refractivity contribution in [2.75, 3.05) is 7.11 Å². The predicted octanol–water partition coefficient (Wildman–Crippen LogP) is 3.27. The highest BCUT2D eigenvalue weighted by atomic mass is 16.5. The van der Waals surface area contributed by atoms with E-state index < -0.39 is 0 Å². The Morgan fingerprint density at radius 2 is 1.80 bits per heavy atom. The lowest BCUT2D eigenvalue weighted by Crippen LogP contribution is -2.05. The number of hydrogen-bond acceptors (Lipinski definition) is 3. The van der Waals surface area contributed by atoms with Crippen LogP contribution in [-0.2, 0) is 0 Å². The summed E-state index contributed by atoms with van der Waals surface area (Å²) in [5.41, 5.74) is 1.13. The van der Waals surface area contributed by atoms with Crippen LogP contribution < -0.4 is 4.74 Å². The first kappa shape index (κ1) is 13.9. The van der Waals surface area contributed by atoms with E-state index >= 15 is 0 Å². The van der Waals surface area contributed by atoms with Crippen molar-refractivity contribution in [3.05, 3.63) is 17.8 Å². The average molecular weight is 210 g/mol. The Hall–Kier alpha value is -1.12. The summed E-state index contributed by atoms with van der Waals surface area (Å²) in [5, 5.41) is 7.71. The SMILES string of the molecule is CC.COc1nnccc1C(C)C(C)C. The summed E-state index contributed by atoms with van der Waals surface area (Å²) in [7, 11) is 1.63. The molecule has 3 nitrogen and oxygen atoms in total. The minimum absolute atomic E-state index is 0.449. The van der Waals surface area contributed by atoms with Gasteiger partial charge in [0, 0.05) is 5.56 Å². The fourth-order valence-electron chi connectivity index (χ4n) is 1.19. The standard InChI is InChI=1S/C10H16N2O.C2H6/c1-7(2)8(3)9-5-6-11-12-10(9)13-4;1-2/h5-8H,1-4H3;1-2H3. The molecule has 0 saturated carbocycles. The van der Waals surface area contributed by atoms with E-state index in [0.717, 1.165) is 5.56 Å². The second-order valence-electron chi connectivity index (χ2n) is 3.53. The molecular formula is C12H22N2O. The molecule has 1 heterocycles. The first-order valence-corrected chi connectivity index (χ1v) is 5.52. The van der Waals surface area contributed by atoms with Gasteiger partial charge < -0.3 is 4.74 Å². The quantitative estimate of drug-likeness (QED) is 0.768. The number of nitrogens with zero attached hydrogens (tertiary/aromatic N) is 2. The molecule has 0 aliphatic carbocycles. The highest BCUT2D eigenvalue weighted by Gasteiger charge is 2.15. The first-order chi connectivity index (χ1) is 7.16. The summed E-state index contributed by atoms with van der Waals surface area (Å²) in [6, 6.07) is 1.97. The van der Waals surface area contributed by atoms with Crippen LogP contribution in [0.25, 0.3) is 0 Å². The number of aromatic nitrogens is 2. The summed E-state index contributed by atoms with van der Waals surface area (Å²) >= 11 is 0. The van der Waals surface area contributed by atoms with E-state index in [1.807, 2.05) is 19.9 Å². The van der Waals surface area contributed by atoms with E-state index in [2.05, 4.69) is 31.0 Å². The molecule has 0 aliphatic heterocycles. The maximum absolute atomic E-state index is 5.14. The third-order valence-corrected chi connectivity index (χ3v) is 2.40. The van der Waals surface area contributed by atoms with Crippen molar-refractivity contribution in [2.45, 2.75) is 40.5 Å². The molecule has 1 unspecified atom stereocenters. The summed E-state index contributed by atoms with van der Waals surface area (Å²) in [5.74, 6) is 1.67. The molecule has 1 atom stereocenters. The molecule has 0 N–H and O–H groups in total. The van der Waals surface area contributed by atoms with Crippen molar-refractivity contribution < 1.29 is 4.74 Å². The van der Waals surface area contributed by atoms with Gasteiger partial charge in [0.25, 0.3) is 0 Å². The van der Waals surface area contributed by atoms with Crippen molar-refractivity contribution in [1.82, 2.24) is 10.2 Å². The van der Waals surface area contributed by atoms with Crippen molar-refractivity contribution in [1.29, 1.82) is 0 Å². The lowest BCUT2D eigenvalue weighted by Gasteiger charge is -2.16. The largest absolute Gasteiger partial charge is 0.480 e. The first-order valence-electron chi connectivity index (χ1n) is 5.52. The molecule has 0 spiro atoms. The Bertz CT molecular complexity index is 274. The Kier molecular flexibility index (Phi) is 6.67. The van der Waals surface area contributed by atoms with Crippen molar-refractivity contribution in [2.24, 2.45) is 5.92 Å². The van der Waals surface area contributed by atoms with Gasteiger partial charge in [-0.3, -0.25) is 0 Å². The zero-order valence-corrected chi connectivity index (χ0v) is 10.6. The van der Waals surface area contributed by atoms with Crippen molar-refractivity contribution >= 4 is 0 Å². The van der Waals surface area contributed by atoms with Gasteiger partial charge in [-0.15, -0.1) is 5.10 Å². The highest BCUT2D eigenvalue weighted by molar-refractivity contribution is 5.27. The molecule has 3 heteroatoms. The maximum Gasteiger partial charge on any atom is 0.236 e. The lowest BCUT2D eigenvalue weighted by molar-refractivity contribution is 0.376. The molecule has 0 fully saturated rings. The second kappa shape index (κ2) is 7.21. The predicted molar refractivity (Wildman–Crippen MR) is 63.2 cm³/mol. The maximum atomic E-state index is 5.14. The smallest absolute Gasteiger partial charge is 0.236 e. The van der Waals surface area contributed by atoms with Crippen LogP contribution in [0.15, 0.2) is 12.3 Å². The van der Waals surface area contributed by atoms with E-state index in [-0.39, 0.29) is 0 Å². The molecule has 1 aromatic rings. The molecule has 0 bridgehead atoms. The molecular weight excluding hydrogens is 188 g/mol. The summed E-state index contributed by atoms with van der Waals surface area (Å²) in [4.78, 5) is 0. The van der Waals surface area contributed by atoms with Gasteiger partial charge in [-0.25, -0.2) is 0 Å². The van der Waals surface area contributed by atoms with Gasteiger partial charge in [-0.1, -0.05) is 34.6 Å². The van der Waals surface area contributed by atoms with Crippen LogP contribution in [0, 0.1) is 5.92 Å². The third-order valence-electron chi connectivity index (χ3n) is 2.40. The summed E-state index contributed by atoms with van der Waals surface area (Å²) < 4.78 is 5.14. The monoisotopic (exact) mass is 210 g/mol. The van der Waals surface area contributed by atoms with Crippen LogP contribution in [0.3, 0.4) is 0 Å². The molecule has 0 aliphatic rings. The average Bonchev–Trinajstić information content (AvgIpc) is 2.30. The molecule has 0 saturated heterocycles. The van der Waals surface area contributed by atoms with Gasteiger partial charge in [0.15, 0.2) is 0 Å². The second-order valence-corrected chi connectivity index (χ2v) is 3.53. The van der Waals surface area contributed by atoms with Gasteiger partial charge in [-0.05, 0) is 17.9 Å². The molecule has 15 heavy (non-hydrogen) atoms. The molecule has 0 amide bonds. The zero-order chi connectivity index (χ0) is 11.8. The number of rotatable bonds is 3. The Balaban J connectivity index is 0.000000921. The zero-order valence-electron chi connectivity index (χ0n) is 10.6. The summed E-state index contributed by atoms with van der Waals surface area (Å²) in [6.07, 6.45) is 1.71. The van der Waals surface area contributed by atoms with E-state index in [1.165, 1.54) is 0 Å². The molecule has 1 aromatic heterocycles. The van der Waals surface area contributed by atoms with E-state index in [0.29, 0.717) is 17.7 Å². The highest BCUT2D eigenvalue weighted by Crippen LogP contribution is 2.28. The van der Waals surface area contributed by atoms with E-state index in [4.69, 9.17) is 4.74 Å². The molecule has 86 valence electrons. The Labute approximate surface area is 92.9 Å². The minimum Gasteiger partial charge on any atom is -0.480 e. The van der Waals surface area contributed by atoms with Crippen LogP contribution in [0.4, 0.5) is 0 Å². The number of ether oxygens (including phenoxy) is 1. The van der Waals surface area contributed by atoms with Gasteiger partial charge >= 0.3 is 0 Å². The third kappa shape index (κ3) is 3.86. The fraction of sp³-hybridized carbons (Fsp3) is 0.667. The molecule has 0 aromatic carbocycles. The van der Waals surface area contributed by atoms with Gasteiger partial charge in [0.2, 0.25) is 5.88 Å². The molecule has 1 rings (SSSR count). The normalized spacial score (nSPS) is 11.7. The van der Waals surface area contributed by atoms with E-state index in [9.17, 15) is 0 Å². The number of hydrogen-bond donors (Lipinski definition) is 0. The van der Waals surface area contributed by atoms with Crippen LogP contribution in [0.2, 0.25) is 0 Å². The van der Waals surface area contributed by atoms with E-state index in [1.54, 1.807) is 13.3 Å². The Morgan fingerprint density at radius 3 is 2.27 bits per heavy atom. The van der Waals surface area contributed by atoms with Crippen LogP contribution in [0.5, 0.6) is 5.88 Å². The van der Waals surface area contributed by atoms with Crippen LogP contribution in [0.1, 0.15) is 46.1 Å². The van der Waals surface area contributed by atoms with Gasteiger partial charge in [0.05, 0.1) is 13.3 Å².